The van der Waals surface area contributed by atoms with Crippen LogP contribution in [0.1, 0.15) is 17.4 Å². The highest BCUT2D eigenvalue weighted by Gasteiger charge is 2.21. The van der Waals surface area contributed by atoms with Gasteiger partial charge < -0.3 is 10.6 Å². The molecule has 1 aromatic heterocycles. The summed E-state index contributed by atoms with van der Waals surface area (Å²) in [5.41, 5.74) is 5.93. The lowest BCUT2D eigenvalue weighted by Crippen LogP contribution is -2.33. The molecule has 90 valence electrons. The summed E-state index contributed by atoms with van der Waals surface area (Å²) in [6, 6.07) is 0. The number of aryl methyl sites for hydroxylation is 1. The maximum absolute atomic E-state index is 12.1. The van der Waals surface area contributed by atoms with Gasteiger partial charge in [0.15, 0.2) is 0 Å². The molecule has 0 fully saturated rings. The number of nitrogens with zero attached hydrogens (tertiary/aromatic N) is 3. The molecule has 0 saturated carbocycles. The highest BCUT2D eigenvalue weighted by atomic mass is 19.3. The summed E-state index contributed by atoms with van der Waals surface area (Å²) in [4.78, 5) is 12.7. The zero-order valence-electron chi connectivity index (χ0n) is 9.15. The summed E-state index contributed by atoms with van der Waals surface area (Å²) in [5, 5.41) is 3.87. The molecule has 5 nitrogen and oxygen atoms in total. The van der Waals surface area contributed by atoms with E-state index >= 15 is 0 Å². The number of hydrogen-bond donors (Lipinski definition) is 1. The third-order valence-corrected chi connectivity index (χ3v) is 2.13. The van der Waals surface area contributed by atoms with Crippen molar-refractivity contribution in [1.82, 2.24) is 14.7 Å². The number of amides is 1. The van der Waals surface area contributed by atoms with E-state index in [-0.39, 0.29) is 11.4 Å². The minimum atomic E-state index is -2.56. The van der Waals surface area contributed by atoms with Crippen LogP contribution >= 0.6 is 0 Å². The molecular weight excluding hydrogens is 218 g/mol. The largest absolute Gasteiger partial charge is 0.396 e. The van der Waals surface area contributed by atoms with Gasteiger partial charge in [-0.3, -0.25) is 9.48 Å². The van der Waals surface area contributed by atoms with E-state index in [1.54, 1.807) is 6.92 Å². The minimum absolute atomic E-state index is 0.158. The Morgan fingerprint density at radius 2 is 2.31 bits per heavy atom. The Balaban J connectivity index is 2.91. The van der Waals surface area contributed by atoms with Crippen molar-refractivity contribution >= 4 is 11.6 Å². The van der Waals surface area contributed by atoms with Crippen molar-refractivity contribution < 1.29 is 13.6 Å². The van der Waals surface area contributed by atoms with Crippen LogP contribution in [0.5, 0.6) is 0 Å². The number of aromatic nitrogens is 2. The highest BCUT2D eigenvalue weighted by molar-refractivity contribution is 5.97. The Labute approximate surface area is 91.8 Å². The Morgan fingerprint density at radius 3 is 2.81 bits per heavy atom. The number of nitrogen functional groups attached to an aromatic ring is 1. The first-order valence-corrected chi connectivity index (χ1v) is 4.82. The monoisotopic (exact) mass is 232 g/mol. The lowest BCUT2D eigenvalue weighted by atomic mass is 10.3. The third-order valence-electron chi connectivity index (χ3n) is 2.13. The van der Waals surface area contributed by atoms with Gasteiger partial charge in [-0.2, -0.15) is 5.10 Å². The molecule has 0 unspecified atom stereocenters. The van der Waals surface area contributed by atoms with E-state index in [1.165, 1.54) is 17.9 Å². The second-order valence-corrected chi connectivity index (χ2v) is 3.34. The minimum Gasteiger partial charge on any atom is -0.396 e. The molecule has 0 saturated heterocycles. The van der Waals surface area contributed by atoms with Crippen molar-refractivity contribution in [2.24, 2.45) is 0 Å². The van der Waals surface area contributed by atoms with E-state index in [4.69, 9.17) is 5.73 Å². The highest BCUT2D eigenvalue weighted by Crippen LogP contribution is 2.13. The average molecular weight is 232 g/mol. The number of rotatable bonds is 4. The fourth-order valence-corrected chi connectivity index (χ4v) is 1.34. The molecule has 1 heterocycles. The average Bonchev–Trinajstić information content (AvgIpc) is 2.57. The summed E-state index contributed by atoms with van der Waals surface area (Å²) in [6.45, 7) is 1.63. The van der Waals surface area contributed by atoms with Gasteiger partial charge in [0.05, 0.1) is 18.4 Å². The predicted molar refractivity (Wildman–Crippen MR) is 55.3 cm³/mol. The molecule has 0 atom stereocenters. The Kier molecular flexibility index (Phi) is 3.81. The van der Waals surface area contributed by atoms with Crippen LogP contribution < -0.4 is 5.73 Å². The molecule has 1 amide bonds. The number of alkyl halides is 2. The lowest BCUT2D eigenvalue weighted by molar-refractivity contribution is 0.0610. The first-order chi connectivity index (χ1) is 7.47. The van der Waals surface area contributed by atoms with Crippen molar-refractivity contribution in [3.63, 3.8) is 0 Å². The van der Waals surface area contributed by atoms with E-state index < -0.39 is 18.9 Å². The van der Waals surface area contributed by atoms with E-state index in [0.717, 1.165) is 4.90 Å². The second kappa shape index (κ2) is 4.91. The third kappa shape index (κ3) is 2.47. The molecule has 0 aromatic carbocycles. The van der Waals surface area contributed by atoms with E-state index in [0.29, 0.717) is 6.54 Å². The van der Waals surface area contributed by atoms with Crippen LogP contribution in [0.2, 0.25) is 0 Å². The van der Waals surface area contributed by atoms with E-state index in [9.17, 15) is 13.6 Å². The molecule has 0 spiro atoms. The van der Waals surface area contributed by atoms with Crippen LogP contribution in [0.25, 0.3) is 0 Å². The van der Waals surface area contributed by atoms with Crippen molar-refractivity contribution in [3.05, 3.63) is 11.9 Å². The second-order valence-electron chi connectivity index (χ2n) is 3.34. The topological polar surface area (TPSA) is 64.2 Å². The molecule has 0 radical (unpaired) electrons. The first-order valence-electron chi connectivity index (χ1n) is 4.82. The van der Waals surface area contributed by atoms with Gasteiger partial charge in [-0.15, -0.1) is 0 Å². The number of nitrogens with two attached hydrogens (primary N) is 1. The Hall–Kier alpha value is -1.66. The van der Waals surface area contributed by atoms with E-state index in [1.807, 2.05) is 0 Å². The lowest BCUT2D eigenvalue weighted by Gasteiger charge is -2.17. The van der Waals surface area contributed by atoms with E-state index in [2.05, 4.69) is 5.10 Å². The molecule has 0 aliphatic rings. The van der Waals surface area contributed by atoms with Gasteiger partial charge in [0.2, 0.25) is 0 Å². The van der Waals surface area contributed by atoms with Crippen LogP contribution in [0.4, 0.5) is 14.5 Å². The number of anilines is 1. The number of hydrogen-bond acceptors (Lipinski definition) is 3. The molecule has 0 aliphatic heterocycles. The van der Waals surface area contributed by atoms with Crippen molar-refractivity contribution in [3.8, 4) is 0 Å². The fraction of sp³-hybridized carbons (Fsp3) is 0.556. The molecule has 0 bridgehead atoms. The van der Waals surface area contributed by atoms with Crippen LogP contribution in [-0.4, -0.2) is 40.6 Å². The first kappa shape index (κ1) is 12.4. The molecule has 2 N–H and O–H groups in total. The zero-order valence-corrected chi connectivity index (χ0v) is 9.15. The van der Waals surface area contributed by atoms with Crippen LogP contribution in [0.15, 0.2) is 6.20 Å². The predicted octanol–water partition coefficient (Wildman–Crippen LogP) is 0.822. The Morgan fingerprint density at radius 1 is 1.69 bits per heavy atom. The summed E-state index contributed by atoms with van der Waals surface area (Å²) in [5.74, 6) is -0.544. The van der Waals surface area contributed by atoms with Crippen molar-refractivity contribution in [2.75, 3.05) is 19.3 Å². The maximum Gasteiger partial charge on any atom is 0.274 e. The normalized spacial score (nSPS) is 10.8. The van der Waals surface area contributed by atoms with Gasteiger partial charge in [-0.25, -0.2) is 8.78 Å². The maximum atomic E-state index is 12.1. The molecule has 0 aliphatic carbocycles. The molecule has 16 heavy (non-hydrogen) atoms. The van der Waals surface area contributed by atoms with Crippen LogP contribution in [0, 0.1) is 0 Å². The number of halogens is 2. The van der Waals surface area contributed by atoms with Crippen LogP contribution in [0.3, 0.4) is 0 Å². The molecule has 1 rings (SSSR count). The van der Waals surface area contributed by atoms with Crippen molar-refractivity contribution in [2.45, 2.75) is 19.9 Å². The molecule has 7 heteroatoms. The summed E-state index contributed by atoms with van der Waals surface area (Å²) >= 11 is 0. The standard InChI is InChI=1S/C9H14F2N4O/c1-3-15-8(6(12)4-13-15)9(16)14(2)5-7(10)11/h4,7H,3,5,12H2,1-2H3. The van der Waals surface area contributed by atoms with Gasteiger partial charge in [0.25, 0.3) is 12.3 Å². The van der Waals surface area contributed by atoms with Gasteiger partial charge >= 0.3 is 0 Å². The zero-order chi connectivity index (χ0) is 12.3. The van der Waals surface area contributed by atoms with Crippen LogP contribution in [-0.2, 0) is 6.54 Å². The fourth-order valence-electron chi connectivity index (χ4n) is 1.34. The number of carbonyl (C=O) groups is 1. The van der Waals surface area contributed by atoms with Gasteiger partial charge in [-0.1, -0.05) is 0 Å². The van der Waals surface area contributed by atoms with Crippen molar-refractivity contribution in [1.29, 1.82) is 0 Å². The summed E-state index contributed by atoms with van der Waals surface area (Å²) in [6.07, 6.45) is -1.22. The molecular formula is C9H14F2N4O. The van der Waals surface area contributed by atoms with Gasteiger partial charge in [0.1, 0.15) is 5.69 Å². The Bertz CT molecular complexity index is 378. The van der Waals surface area contributed by atoms with Gasteiger partial charge in [-0.05, 0) is 6.92 Å². The SMILES string of the molecule is CCn1ncc(N)c1C(=O)N(C)CC(F)F. The molecule has 1 aromatic rings. The quantitative estimate of drug-likeness (QED) is 0.836. The number of carbonyl (C=O) groups excluding carboxylic acids is 1. The summed E-state index contributed by atoms with van der Waals surface area (Å²) in [7, 11) is 1.31. The summed E-state index contributed by atoms with van der Waals surface area (Å²) < 4.78 is 25.6. The smallest absolute Gasteiger partial charge is 0.274 e. The van der Waals surface area contributed by atoms with Gasteiger partial charge in [0, 0.05) is 13.6 Å².